The van der Waals surface area contributed by atoms with Crippen molar-refractivity contribution in [2.45, 2.75) is 23.3 Å². The molecule has 0 atom stereocenters. The van der Waals surface area contributed by atoms with Crippen molar-refractivity contribution in [1.82, 2.24) is 4.98 Å². The van der Waals surface area contributed by atoms with Crippen LogP contribution in [0.5, 0.6) is 5.75 Å². The highest BCUT2D eigenvalue weighted by molar-refractivity contribution is 7.99. The van der Waals surface area contributed by atoms with Crippen molar-refractivity contribution in [2.75, 3.05) is 0 Å². The normalized spacial score (nSPS) is 10.4. The molecule has 0 radical (unpaired) electrons. The molecule has 0 aliphatic carbocycles. The third kappa shape index (κ3) is 4.24. The summed E-state index contributed by atoms with van der Waals surface area (Å²) in [5, 5.41) is 0. The predicted molar refractivity (Wildman–Crippen MR) is 95.7 cm³/mol. The number of aryl methyl sites for hydroxylation is 1. The zero-order chi connectivity index (χ0) is 16.8. The van der Waals surface area contributed by atoms with Crippen LogP contribution in [0.2, 0.25) is 0 Å². The molecule has 0 unspecified atom stereocenters. The lowest BCUT2D eigenvalue weighted by Gasteiger charge is -2.08. The standard InChI is InChI=1S/C20H17NO2S/c1-15-3-2-4-16(11-15)14-23-18-5-7-19(8-6-18)24-20-12-21-10-9-17(20)13-22/h2-13H,14H2,1H3. The summed E-state index contributed by atoms with van der Waals surface area (Å²) in [6, 6.07) is 17.8. The van der Waals surface area contributed by atoms with Gasteiger partial charge in [-0.15, -0.1) is 0 Å². The topological polar surface area (TPSA) is 39.2 Å². The minimum absolute atomic E-state index is 0.548. The van der Waals surface area contributed by atoms with Crippen LogP contribution >= 0.6 is 11.8 Å². The van der Waals surface area contributed by atoms with Crippen LogP contribution in [-0.2, 0) is 6.61 Å². The lowest BCUT2D eigenvalue weighted by atomic mass is 10.1. The summed E-state index contributed by atoms with van der Waals surface area (Å²) in [4.78, 5) is 17.0. The smallest absolute Gasteiger partial charge is 0.151 e. The third-order valence-corrected chi connectivity index (χ3v) is 4.55. The fraction of sp³-hybridized carbons (Fsp3) is 0.100. The molecule has 2 aromatic carbocycles. The minimum atomic E-state index is 0.548. The second kappa shape index (κ2) is 7.79. The Balaban J connectivity index is 1.64. The average molecular weight is 335 g/mol. The molecule has 0 aliphatic rings. The van der Waals surface area contributed by atoms with Crippen LogP contribution in [0.3, 0.4) is 0 Å². The zero-order valence-corrected chi connectivity index (χ0v) is 14.1. The highest BCUT2D eigenvalue weighted by Crippen LogP contribution is 2.30. The summed E-state index contributed by atoms with van der Waals surface area (Å²) in [5.74, 6) is 0.822. The Morgan fingerprint density at radius 1 is 1.12 bits per heavy atom. The number of aldehydes is 1. The average Bonchev–Trinajstić information content (AvgIpc) is 2.62. The Morgan fingerprint density at radius 2 is 1.96 bits per heavy atom. The van der Waals surface area contributed by atoms with Crippen LogP contribution < -0.4 is 4.74 Å². The molecule has 0 N–H and O–H groups in total. The van der Waals surface area contributed by atoms with Crippen LogP contribution in [0.25, 0.3) is 0 Å². The molecule has 3 rings (SSSR count). The molecule has 1 heterocycles. The zero-order valence-electron chi connectivity index (χ0n) is 13.3. The van der Waals surface area contributed by atoms with Gasteiger partial charge in [0.25, 0.3) is 0 Å². The van der Waals surface area contributed by atoms with Crippen molar-refractivity contribution in [2.24, 2.45) is 0 Å². The number of carbonyl (C=O) groups is 1. The van der Waals surface area contributed by atoms with Crippen molar-refractivity contribution in [3.05, 3.63) is 83.7 Å². The van der Waals surface area contributed by atoms with E-state index in [1.807, 2.05) is 30.3 Å². The van der Waals surface area contributed by atoms with Gasteiger partial charge >= 0.3 is 0 Å². The van der Waals surface area contributed by atoms with Crippen molar-refractivity contribution in [3.8, 4) is 5.75 Å². The summed E-state index contributed by atoms with van der Waals surface area (Å²) >= 11 is 1.51. The van der Waals surface area contributed by atoms with Gasteiger partial charge in [-0.1, -0.05) is 41.6 Å². The maximum Gasteiger partial charge on any atom is 0.151 e. The number of aromatic nitrogens is 1. The van der Waals surface area contributed by atoms with E-state index in [-0.39, 0.29) is 0 Å². The van der Waals surface area contributed by atoms with E-state index in [0.717, 1.165) is 27.4 Å². The van der Waals surface area contributed by atoms with Crippen molar-refractivity contribution in [1.29, 1.82) is 0 Å². The number of carbonyl (C=O) groups excluding carboxylic acids is 1. The largest absolute Gasteiger partial charge is 0.489 e. The van der Waals surface area contributed by atoms with E-state index >= 15 is 0 Å². The second-order valence-electron chi connectivity index (χ2n) is 5.38. The molecule has 120 valence electrons. The molecule has 1 aromatic heterocycles. The Hall–Kier alpha value is -2.59. The van der Waals surface area contributed by atoms with Gasteiger partial charge in [-0.3, -0.25) is 9.78 Å². The van der Waals surface area contributed by atoms with Gasteiger partial charge in [0.05, 0.1) is 0 Å². The second-order valence-corrected chi connectivity index (χ2v) is 6.50. The molecule has 0 fully saturated rings. The molecule has 0 aliphatic heterocycles. The molecule has 4 heteroatoms. The maximum absolute atomic E-state index is 11.1. The van der Waals surface area contributed by atoms with Crippen molar-refractivity contribution >= 4 is 18.0 Å². The van der Waals surface area contributed by atoms with Crippen LogP contribution in [0.15, 0.2) is 76.8 Å². The first-order chi connectivity index (χ1) is 11.7. The van der Waals surface area contributed by atoms with E-state index in [1.54, 1.807) is 18.5 Å². The van der Waals surface area contributed by atoms with Gasteiger partial charge in [-0.2, -0.15) is 0 Å². The fourth-order valence-electron chi connectivity index (χ4n) is 2.27. The van der Waals surface area contributed by atoms with E-state index in [0.29, 0.717) is 12.2 Å². The molecule has 0 saturated heterocycles. The molecule has 0 bridgehead atoms. The molecule has 0 spiro atoms. The number of hydrogen-bond donors (Lipinski definition) is 0. The Bertz CT molecular complexity index is 831. The Kier molecular flexibility index (Phi) is 5.29. The van der Waals surface area contributed by atoms with Crippen molar-refractivity contribution < 1.29 is 9.53 Å². The Morgan fingerprint density at radius 3 is 2.71 bits per heavy atom. The third-order valence-electron chi connectivity index (χ3n) is 3.48. The summed E-state index contributed by atoms with van der Waals surface area (Å²) in [6.45, 7) is 2.62. The molecule has 3 nitrogen and oxygen atoms in total. The van der Waals surface area contributed by atoms with E-state index in [2.05, 4.69) is 30.1 Å². The first-order valence-electron chi connectivity index (χ1n) is 7.60. The van der Waals surface area contributed by atoms with Crippen LogP contribution in [-0.4, -0.2) is 11.3 Å². The van der Waals surface area contributed by atoms with Crippen LogP contribution in [0.1, 0.15) is 21.5 Å². The molecule has 24 heavy (non-hydrogen) atoms. The number of ether oxygens (including phenoxy) is 1. The summed E-state index contributed by atoms with van der Waals surface area (Å²) in [5.41, 5.74) is 3.03. The number of pyridine rings is 1. The monoisotopic (exact) mass is 335 g/mol. The lowest BCUT2D eigenvalue weighted by Crippen LogP contribution is -1.95. The van der Waals surface area contributed by atoms with E-state index in [9.17, 15) is 4.79 Å². The first kappa shape index (κ1) is 16.3. The maximum atomic E-state index is 11.1. The molecule has 3 aromatic rings. The fourth-order valence-corrected chi connectivity index (χ4v) is 3.15. The van der Waals surface area contributed by atoms with Gasteiger partial charge in [0.15, 0.2) is 6.29 Å². The number of hydrogen-bond acceptors (Lipinski definition) is 4. The number of nitrogens with zero attached hydrogens (tertiary/aromatic N) is 1. The lowest BCUT2D eigenvalue weighted by molar-refractivity contribution is 0.112. The molecular weight excluding hydrogens is 318 g/mol. The van der Waals surface area contributed by atoms with Gasteiger partial charge < -0.3 is 4.74 Å². The summed E-state index contributed by atoms with van der Waals surface area (Å²) < 4.78 is 5.82. The van der Waals surface area contributed by atoms with Gasteiger partial charge in [0.1, 0.15) is 12.4 Å². The van der Waals surface area contributed by atoms with E-state index < -0.39 is 0 Å². The summed E-state index contributed by atoms with van der Waals surface area (Å²) in [7, 11) is 0. The van der Waals surface area contributed by atoms with Gasteiger partial charge in [0, 0.05) is 27.7 Å². The molecule has 0 saturated carbocycles. The van der Waals surface area contributed by atoms with Crippen LogP contribution in [0.4, 0.5) is 0 Å². The van der Waals surface area contributed by atoms with Gasteiger partial charge in [-0.25, -0.2) is 0 Å². The van der Waals surface area contributed by atoms with Gasteiger partial charge in [0.2, 0.25) is 0 Å². The van der Waals surface area contributed by atoms with E-state index in [1.165, 1.54) is 17.3 Å². The minimum Gasteiger partial charge on any atom is -0.489 e. The summed E-state index contributed by atoms with van der Waals surface area (Å²) in [6.07, 6.45) is 4.18. The number of rotatable bonds is 6. The molecule has 0 amide bonds. The van der Waals surface area contributed by atoms with Gasteiger partial charge in [-0.05, 0) is 42.8 Å². The van der Waals surface area contributed by atoms with Crippen molar-refractivity contribution in [3.63, 3.8) is 0 Å². The highest BCUT2D eigenvalue weighted by Gasteiger charge is 2.04. The highest BCUT2D eigenvalue weighted by atomic mass is 32.2. The number of benzene rings is 2. The SMILES string of the molecule is Cc1cccc(COc2ccc(Sc3cnccc3C=O)cc2)c1. The van der Waals surface area contributed by atoms with E-state index in [4.69, 9.17) is 4.74 Å². The Labute approximate surface area is 145 Å². The van der Waals surface area contributed by atoms with Crippen LogP contribution in [0, 0.1) is 6.92 Å². The molecular formula is C20H17NO2S. The predicted octanol–water partition coefficient (Wildman–Crippen LogP) is 4.93. The first-order valence-corrected chi connectivity index (χ1v) is 8.42. The quantitative estimate of drug-likeness (QED) is 0.599.